The van der Waals surface area contributed by atoms with Crippen LogP contribution >= 0.6 is 0 Å². The molecule has 0 saturated carbocycles. The van der Waals surface area contributed by atoms with E-state index in [-0.39, 0.29) is 0 Å². The van der Waals surface area contributed by atoms with Crippen LogP contribution in [0.1, 0.15) is 0 Å². The van der Waals surface area contributed by atoms with E-state index in [4.69, 9.17) is 15.0 Å². The Morgan fingerprint density at radius 2 is 0.673 bits per heavy atom. The largest absolute Gasteiger partial charge is 0.264 e. The molecule has 0 aliphatic heterocycles. The molecule has 0 saturated heterocycles. The average molecular weight is 666 g/mol. The highest BCUT2D eigenvalue weighted by Crippen LogP contribution is 2.35. The van der Waals surface area contributed by atoms with Gasteiger partial charge in [-0.05, 0) is 104 Å². The van der Waals surface area contributed by atoms with Crippen LogP contribution in [0.15, 0.2) is 189 Å². The molecule has 9 aromatic rings. The molecule has 6 aromatic carbocycles. The lowest BCUT2D eigenvalue weighted by Gasteiger charge is -2.12. The van der Waals surface area contributed by atoms with Gasteiger partial charge in [0.15, 0.2) is 17.5 Å². The number of pyridine rings is 2. The van der Waals surface area contributed by atoms with Crippen molar-refractivity contribution in [1.82, 2.24) is 24.9 Å². The maximum Gasteiger partial charge on any atom is 0.165 e. The van der Waals surface area contributed by atoms with Crippen LogP contribution in [0, 0.1) is 0 Å². The molecule has 0 radical (unpaired) electrons. The van der Waals surface area contributed by atoms with Gasteiger partial charge >= 0.3 is 0 Å². The summed E-state index contributed by atoms with van der Waals surface area (Å²) < 4.78 is 0. The van der Waals surface area contributed by atoms with Crippen molar-refractivity contribution < 1.29 is 0 Å². The Bertz CT molecular complexity index is 2630. The Morgan fingerprint density at radius 3 is 1.19 bits per heavy atom. The second-order valence-corrected chi connectivity index (χ2v) is 12.6. The maximum absolute atomic E-state index is 4.90. The van der Waals surface area contributed by atoms with E-state index in [9.17, 15) is 0 Å². The van der Waals surface area contributed by atoms with Crippen molar-refractivity contribution >= 4 is 10.8 Å². The number of aromatic nitrogens is 5. The number of benzene rings is 6. The zero-order chi connectivity index (χ0) is 34.7. The standard InChI is InChI=1S/C47H31N5/c1-2-22-43-32(10-1)11-7-23-44(43)39-18-5-16-37(28-39)35-14-3-12-33(26-35)34-13-4-15-36(27-34)38-17-6-19-40(29-38)45-50-46(41-20-8-24-48-30-41)52-47(51-45)42-21-9-25-49-31-42/h1-31H. The molecule has 3 aromatic heterocycles. The second kappa shape index (κ2) is 13.7. The molecule has 5 nitrogen and oxygen atoms in total. The number of hydrogen-bond donors (Lipinski definition) is 0. The van der Waals surface area contributed by atoms with E-state index < -0.39 is 0 Å². The Balaban J connectivity index is 1.05. The highest BCUT2D eigenvalue weighted by Gasteiger charge is 2.14. The third-order valence-electron chi connectivity index (χ3n) is 9.28. The summed E-state index contributed by atoms with van der Waals surface area (Å²) in [6.07, 6.45) is 7.02. The summed E-state index contributed by atoms with van der Waals surface area (Å²) in [5.41, 5.74) is 11.8. The van der Waals surface area contributed by atoms with Crippen LogP contribution < -0.4 is 0 Å². The van der Waals surface area contributed by atoms with E-state index in [1.807, 2.05) is 30.3 Å². The van der Waals surface area contributed by atoms with Crippen molar-refractivity contribution in [2.75, 3.05) is 0 Å². The number of hydrogen-bond acceptors (Lipinski definition) is 5. The molecule has 0 fully saturated rings. The first-order valence-corrected chi connectivity index (χ1v) is 17.2. The highest BCUT2D eigenvalue weighted by atomic mass is 15.0. The lowest BCUT2D eigenvalue weighted by Crippen LogP contribution is -2.00. The van der Waals surface area contributed by atoms with E-state index in [2.05, 4.69) is 143 Å². The number of rotatable bonds is 7. The van der Waals surface area contributed by atoms with Gasteiger partial charge in [0.2, 0.25) is 0 Å². The molecule has 5 heteroatoms. The predicted molar refractivity (Wildman–Crippen MR) is 211 cm³/mol. The first kappa shape index (κ1) is 30.9. The van der Waals surface area contributed by atoms with Gasteiger partial charge < -0.3 is 0 Å². The molecule has 0 amide bonds. The molecular formula is C47H31N5. The normalized spacial score (nSPS) is 11.1. The maximum atomic E-state index is 4.90. The number of nitrogens with zero attached hydrogens (tertiary/aromatic N) is 5. The van der Waals surface area contributed by atoms with Crippen molar-refractivity contribution in [3.05, 3.63) is 189 Å². The second-order valence-electron chi connectivity index (χ2n) is 12.6. The molecule has 0 aliphatic carbocycles. The van der Waals surface area contributed by atoms with E-state index in [0.29, 0.717) is 17.5 Å². The molecule has 52 heavy (non-hydrogen) atoms. The summed E-state index contributed by atoms with van der Waals surface area (Å²) >= 11 is 0. The first-order chi connectivity index (χ1) is 25.7. The molecule has 0 bridgehead atoms. The van der Waals surface area contributed by atoms with E-state index in [1.165, 1.54) is 33.0 Å². The highest BCUT2D eigenvalue weighted by molar-refractivity contribution is 5.97. The van der Waals surface area contributed by atoms with Gasteiger partial charge in [-0.2, -0.15) is 0 Å². The summed E-state index contributed by atoms with van der Waals surface area (Å²) in [5, 5.41) is 2.50. The fraction of sp³-hybridized carbons (Fsp3) is 0. The van der Waals surface area contributed by atoms with Crippen molar-refractivity contribution in [2.45, 2.75) is 0 Å². The predicted octanol–water partition coefficient (Wildman–Crippen LogP) is 11.5. The van der Waals surface area contributed by atoms with Gasteiger partial charge in [-0.15, -0.1) is 0 Å². The molecular weight excluding hydrogens is 635 g/mol. The lowest BCUT2D eigenvalue weighted by atomic mass is 9.93. The molecule has 244 valence electrons. The monoisotopic (exact) mass is 665 g/mol. The van der Waals surface area contributed by atoms with Crippen molar-refractivity contribution in [3.63, 3.8) is 0 Å². The van der Waals surface area contributed by atoms with E-state index in [0.717, 1.165) is 38.9 Å². The van der Waals surface area contributed by atoms with Gasteiger partial charge in [0, 0.05) is 41.5 Å². The zero-order valence-electron chi connectivity index (χ0n) is 28.1. The topological polar surface area (TPSA) is 64.5 Å². The Morgan fingerprint density at radius 1 is 0.288 bits per heavy atom. The molecule has 0 N–H and O–H groups in total. The van der Waals surface area contributed by atoms with Crippen molar-refractivity contribution in [3.8, 4) is 78.7 Å². The van der Waals surface area contributed by atoms with Gasteiger partial charge in [-0.3, -0.25) is 9.97 Å². The fourth-order valence-electron chi connectivity index (χ4n) is 6.69. The van der Waals surface area contributed by atoms with Crippen LogP contribution in [-0.4, -0.2) is 24.9 Å². The van der Waals surface area contributed by atoms with Crippen LogP contribution in [0.2, 0.25) is 0 Å². The van der Waals surface area contributed by atoms with Gasteiger partial charge in [0.1, 0.15) is 0 Å². The molecule has 0 spiro atoms. The zero-order valence-corrected chi connectivity index (χ0v) is 28.1. The SMILES string of the molecule is c1cc(-c2cccc(-c3cccc(-c4cccc5ccccc45)c3)c2)cc(-c2cccc(-c3nc(-c4cccnc4)nc(-c4cccnc4)n3)c2)c1. The molecule has 0 unspecified atom stereocenters. The Hall–Kier alpha value is -7.11. The smallest absolute Gasteiger partial charge is 0.165 e. The minimum Gasteiger partial charge on any atom is -0.264 e. The van der Waals surface area contributed by atoms with Crippen LogP contribution in [0.4, 0.5) is 0 Å². The molecule has 0 aliphatic rings. The van der Waals surface area contributed by atoms with Gasteiger partial charge in [-0.25, -0.2) is 15.0 Å². The van der Waals surface area contributed by atoms with E-state index in [1.54, 1.807) is 24.8 Å². The van der Waals surface area contributed by atoms with Crippen LogP contribution in [-0.2, 0) is 0 Å². The fourth-order valence-corrected chi connectivity index (χ4v) is 6.69. The summed E-state index contributed by atoms with van der Waals surface area (Å²) in [6.45, 7) is 0. The van der Waals surface area contributed by atoms with Crippen molar-refractivity contribution in [2.24, 2.45) is 0 Å². The van der Waals surface area contributed by atoms with Gasteiger partial charge in [0.25, 0.3) is 0 Å². The molecule has 3 heterocycles. The van der Waals surface area contributed by atoms with Crippen LogP contribution in [0.5, 0.6) is 0 Å². The minimum absolute atomic E-state index is 0.562. The van der Waals surface area contributed by atoms with Crippen LogP contribution in [0.25, 0.3) is 89.4 Å². The average Bonchev–Trinajstić information content (AvgIpc) is 3.24. The quantitative estimate of drug-likeness (QED) is 0.169. The van der Waals surface area contributed by atoms with E-state index >= 15 is 0 Å². The number of fused-ring (bicyclic) bond motifs is 1. The summed E-state index contributed by atoms with van der Waals surface area (Å²) in [6, 6.07) is 57.4. The van der Waals surface area contributed by atoms with Gasteiger partial charge in [-0.1, -0.05) is 115 Å². The summed E-state index contributed by atoms with van der Waals surface area (Å²) in [5.74, 6) is 1.71. The third-order valence-corrected chi connectivity index (χ3v) is 9.28. The third kappa shape index (κ3) is 6.23. The Labute approximate surface area is 302 Å². The lowest BCUT2D eigenvalue weighted by molar-refractivity contribution is 1.07. The molecule has 0 atom stereocenters. The summed E-state index contributed by atoms with van der Waals surface area (Å²) in [7, 11) is 0. The summed E-state index contributed by atoms with van der Waals surface area (Å²) in [4.78, 5) is 23.2. The Kier molecular flexibility index (Phi) is 8.12. The van der Waals surface area contributed by atoms with Crippen molar-refractivity contribution in [1.29, 1.82) is 0 Å². The molecule has 9 rings (SSSR count). The first-order valence-electron chi connectivity index (χ1n) is 17.2. The minimum atomic E-state index is 0.562. The van der Waals surface area contributed by atoms with Crippen LogP contribution in [0.3, 0.4) is 0 Å². The van der Waals surface area contributed by atoms with Gasteiger partial charge in [0.05, 0.1) is 0 Å².